The topological polar surface area (TPSA) is 50.4 Å². The fraction of sp³-hybridized carbons (Fsp3) is 0.500. The smallest absolute Gasteiger partial charge is 0.188 e. The molecule has 19 heavy (non-hydrogen) atoms. The van der Waals surface area contributed by atoms with E-state index in [-0.39, 0.29) is 5.82 Å². The quantitative estimate of drug-likeness (QED) is 0.496. The molecule has 3 N–H and O–H groups in total. The van der Waals surface area contributed by atoms with Crippen LogP contribution in [0, 0.1) is 11.7 Å². The van der Waals surface area contributed by atoms with Crippen LogP contribution in [0.5, 0.6) is 0 Å². The molecule has 3 nitrogen and oxygen atoms in total. The van der Waals surface area contributed by atoms with E-state index < -0.39 is 0 Å². The van der Waals surface area contributed by atoms with Gasteiger partial charge in [-0.1, -0.05) is 6.42 Å². The molecule has 0 saturated heterocycles. The van der Waals surface area contributed by atoms with Crippen LogP contribution < -0.4 is 11.1 Å². The predicted octanol–water partition coefficient (Wildman–Crippen LogP) is 2.75. The van der Waals surface area contributed by atoms with Gasteiger partial charge in [-0.15, -0.1) is 11.8 Å². The molecule has 0 bridgehead atoms. The zero-order valence-corrected chi connectivity index (χ0v) is 12.0. The minimum atomic E-state index is -0.232. The SMILES string of the molecule is CSc1ccc(F)cc1CN=C(N)NCC1CCC1. The van der Waals surface area contributed by atoms with Crippen LogP contribution in [0.2, 0.25) is 0 Å². The minimum Gasteiger partial charge on any atom is -0.370 e. The highest BCUT2D eigenvalue weighted by molar-refractivity contribution is 7.98. The van der Waals surface area contributed by atoms with Gasteiger partial charge in [0.2, 0.25) is 0 Å². The Morgan fingerprint density at radius 1 is 1.53 bits per heavy atom. The Balaban J connectivity index is 1.90. The van der Waals surface area contributed by atoms with Gasteiger partial charge < -0.3 is 11.1 Å². The van der Waals surface area contributed by atoms with Gasteiger partial charge >= 0.3 is 0 Å². The number of hydrogen-bond donors (Lipinski definition) is 2. The third kappa shape index (κ3) is 4.13. The average molecular weight is 281 g/mol. The second-order valence-electron chi connectivity index (χ2n) is 4.84. The fourth-order valence-electron chi connectivity index (χ4n) is 2.04. The van der Waals surface area contributed by atoms with Gasteiger partial charge in [0.05, 0.1) is 6.54 Å². The van der Waals surface area contributed by atoms with E-state index in [0.29, 0.717) is 12.5 Å². The summed E-state index contributed by atoms with van der Waals surface area (Å²) in [5.74, 6) is 0.955. The molecular formula is C14H20FN3S. The molecule has 1 aliphatic rings. The lowest BCUT2D eigenvalue weighted by Crippen LogP contribution is -2.37. The van der Waals surface area contributed by atoms with Crippen molar-refractivity contribution in [1.29, 1.82) is 0 Å². The molecule has 1 aliphatic carbocycles. The van der Waals surface area contributed by atoms with Gasteiger partial charge in [-0.2, -0.15) is 0 Å². The van der Waals surface area contributed by atoms with Gasteiger partial charge in [0, 0.05) is 11.4 Å². The van der Waals surface area contributed by atoms with Crippen LogP contribution in [0.25, 0.3) is 0 Å². The Morgan fingerprint density at radius 2 is 2.32 bits per heavy atom. The van der Waals surface area contributed by atoms with Crippen LogP contribution in [0.4, 0.5) is 4.39 Å². The van der Waals surface area contributed by atoms with Crippen molar-refractivity contribution in [3.63, 3.8) is 0 Å². The molecule has 0 aromatic heterocycles. The maximum absolute atomic E-state index is 13.2. The minimum absolute atomic E-state index is 0.232. The number of nitrogens with one attached hydrogen (secondary N) is 1. The number of benzene rings is 1. The average Bonchev–Trinajstić information content (AvgIpc) is 2.34. The lowest BCUT2D eigenvalue weighted by Gasteiger charge is -2.25. The largest absolute Gasteiger partial charge is 0.370 e. The number of nitrogens with two attached hydrogens (primary N) is 1. The maximum atomic E-state index is 13.2. The fourth-order valence-corrected chi connectivity index (χ4v) is 2.63. The van der Waals surface area contributed by atoms with E-state index in [9.17, 15) is 4.39 Å². The Bertz CT molecular complexity index is 458. The summed E-state index contributed by atoms with van der Waals surface area (Å²) < 4.78 is 13.2. The van der Waals surface area contributed by atoms with Crippen LogP contribution in [-0.2, 0) is 6.54 Å². The van der Waals surface area contributed by atoms with Gasteiger partial charge in [-0.25, -0.2) is 9.38 Å². The van der Waals surface area contributed by atoms with Crippen LogP contribution in [-0.4, -0.2) is 18.8 Å². The van der Waals surface area contributed by atoms with E-state index in [1.54, 1.807) is 17.8 Å². The molecule has 1 aromatic rings. The summed E-state index contributed by atoms with van der Waals surface area (Å²) in [7, 11) is 0. The van der Waals surface area contributed by atoms with E-state index in [2.05, 4.69) is 10.3 Å². The second-order valence-corrected chi connectivity index (χ2v) is 5.68. The lowest BCUT2D eigenvalue weighted by atomic mass is 9.85. The van der Waals surface area contributed by atoms with Gasteiger partial charge in [0.1, 0.15) is 5.82 Å². The Kier molecular flexibility index (Phi) is 5.07. The summed E-state index contributed by atoms with van der Waals surface area (Å²) in [5.41, 5.74) is 6.69. The number of thioether (sulfide) groups is 1. The first-order valence-electron chi connectivity index (χ1n) is 6.55. The Labute approximate surface area is 117 Å². The van der Waals surface area contributed by atoms with E-state index >= 15 is 0 Å². The Hall–Kier alpha value is -1.23. The van der Waals surface area contributed by atoms with Crippen molar-refractivity contribution >= 4 is 17.7 Å². The molecule has 0 amide bonds. The standard InChI is InChI=1S/C14H20FN3S/c1-19-13-6-5-12(15)7-11(13)9-18-14(16)17-8-10-3-2-4-10/h5-7,10H,2-4,8-9H2,1H3,(H3,16,17,18). The van der Waals surface area contributed by atoms with E-state index in [1.807, 2.05) is 6.26 Å². The highest BCUT2D eigenvalue weighted by atomic mass is 32.2. The van der Waals surface area contributed by atoms with Crippen molar-refractivity contribution in [2.24, 2.45) is 16.6 Å². The molecule has 0 aliphatic heterocycles. The van der Waals surface area contributed by atoms with Gasteiger partial charge in [0.25, 0.3) is 0 Å². The zero-order valence-electron chi connectivity index (χ0n) is 11.2. The van der Waals surface area contributed by atoms with Crippen molar-refractivity contribution in [3.8, 4) is 0 Å². The molecule has 104 valence electrons. The summed E-state index contributed by atoms with van der Waals surface area (Å²) in [5, 5.41) is 3.13. The third-order valence-electron chi connectivity index (χ3n) is 3.46. The molecule has 1 saturated carbocycles. The molecule has 1 aromatic carbocycles. The second kappa shape index (κ2) is 6.80. The first-order valence-corrected chi connectivity index (χ1v) is 7.77. The van der Waals surface area contributed by atoms with E-state index in [4.69, 9.17) is 5.73 Å². The molecular weight excluding hydrogens is 261 g/mol. The van der Waals surface area contributed by atoms with Crippen LogP contribution >= 0.6 is 11.8 Å². The summed E-state index contributed by atoms with van der Waals surface area (Å²) in [6, 6.07) is 4.77. The molecule has 0 spiro atoms. The van der Waals surface area contributed by atoms with Gasteiger partial charge in [0.15, 0.2) is 5.96 Å². The number of aliphatic imine (C=N–C) groups is 1. The molecule has 1 fully saturated rings. The van der Waals surface area contributed by atoms with Crippen LogP contribution in [0.3, 0.4) is 0 Å². The molecule has 5 heteroatoms. The number of rotatable bonds is 5. The van der Waals surface area contributed by atoms with Crippen molar-refractivity contribution in [3.05, 3.63) is 29.6 Å². The van der Waals surface area contributed by atoms with E-state index in [1.165, 1.54) is 31.4 Å². The van der Waals surface area contributed by atoms with Crippen molar-refractivity contribution < 1.29 is 4.39 Å². The zero-order chi connectivity index (χ0) is 13.7. The van der Waals surface area contributed by atoms with Crippen molar-refractivity contribution in [1.82, 2.24) is 5.32 Å². The normalized spacial score (nSPS) is 16.2. The number of halogens is 1. The lowest BCUT2D eigenvalue weighted by molar-refractivity contribution is 0.315. The van der Waals surface area contributed by atoms with Crippen molar-refractivity contribution in [2.45, 2.75) is 30.7 Å². The molecule has 0 radical (unpaired) electrons. The number of hydrogen-bond acceptors (Lipinski definition) is 2. The summed E-state index contributed by atoms with van der Waals surface area (Å²) in [4.78, 5) is 5.32. The first-order chi connectivity index (χ1) is 9.19. The monoisotopic (exact) mass is 281 g/mol. The molecule has 0 heterocycles. The highest BCUT2D eigenvalue weighted by Crippen LogP contribution is 2.25. The van der Waals surface area contributed by atoms with Crippen molar-refractivity contribution in [2.75, 3.05) is 12.8 Å². The number of guanidine groups is 1. The van der Waals surface area contributed by atoms with Gasteiger partial charge in [-0.05, 0) is 48.8 Å². The number of nitrogens with zero attached hydrogens (tertiary/aromatic N) is 1. The first kappa shape index (κ1) is 14.2. The summed E-state index contributed by atoms with van der Waals surface area (Å²) in [6.45, 7) is 1.31. The maximum Gasteiger partial charge on any atom is 0.188 e. The highest BCUT2D eigenvalue weighted by Gasteiger charge is 2.16. The Morgan fingerprint density at radius 3 is 2.95 bits per heavy atom. The van der Waals surface area contributed by atoms with E-state index in [0.717, 1.165) is 22.9 Å². The molecule has 0 unspecified atom stereocenters. The molecule has 2 rings (SSSR count). The summed E-state index contributed by atoms with van der Waals surface area (Å²) in [6.07, 6.45) is 5.85. The molecule has 0 atom stereocenters. The third-order valence-corrected chi connectivity index (χ3v) is 4.30. The van der Waals surface area contributed by atoms with Gasteiger partial charge in [-0.3, -0.25) is 0 Å². The summed E-state index contributed by atoms with van der Waals surface area (Å²) >= 11 is 1.59. The van der Waals surface area contributed by atoms with Crippen LogP contribution in [0.15, 0.2) is 28.1 Å². The predicted molar refractivity (Wildman–Crippen MR) is 78.9 cm³/mol. The van der Waals surface area contributed by atoms with Crippen LogP contribution in [0.1, 0.15) is 24.8 Å².